The number of aromatic nitrogens is 1. The van der Waals surface area contributed by atoms with Crippen molar-refractivity contribution in [3.05, 3.63) is 77.9 Å². The van der Waals surface area contributed by atoms with Gasteiger partial charge in [0.2, 0.25) is 0 Å². The summed E-state index contributed by atoms with van der Waals surface area (Å²) in [6.45, 7) is 4.32. The third kappa shape index (κ3) is 5.04. The van der Waals surface area contributed by atoms with E-state index in [1.165, 1.54) is 28.7 Å². The van der Waals surface area contributed by atoms with Gasteiger partial charge < -0.3 is 10.6 Å². The van der Waals surface area contributed by atoms with E-state index in [9.17, 15) is 0 Å². The number of benzene rings is 3. The van der Waals surface area contributed by atoms with Gasteiger partial charge in [0.25, 0.3) is 0 Å². The van der Waals surface area contributed by atoms with Crippen LogP contribution in [0, 0.1) is 6.92 Å². The van der Waals surface area contributed by atoms with Crippen molar-refractivity contribution in [3.63, 3.8) is 0 Å². The summed E-state index contributed by atoms with van der Waals surface area (Å²) >= 11 is 7.19. The highest BCUT2D eigenvalue weighted by Gasteiger charge is 2.07. The van der Waals surface area contributed by atoms with Gasteiger partial charge in [0.05, 0.1) is 10.2 Å². The van der Waals surface area contributed by atoms with E-state index >= 15 is 0 Å². The maximum atomic E-state index is 5.47. The molecule has 4 aromatic rings. The quantitative estimate of drug-likeness (QED) is 0.311. The van der Waals surface area contributed by atoms with E-state index in [0.717, 1.165) is 33.9 Å². The molecule has 0 radical (unpaired) electrons. The van der Waals surface area contributed by atoms with Crippen molar-refractivity contribution in [2.75, 3.05) is 10.6 Å². The minimum atomic E-state index is 0.583. The zero-order chi connectivity index (χ0) is 20.9. The van der Waals surface area contributed by atoms with Crippen molar-refractivity contribution in [3.8, 4) is 10.6 Å². The average Bonchev–Trinajstić information content (AvgIpc) is 3.17. The van der Waals surface area contributed by atoms with Gasteiger partial charge in [-0.2, -0.15) is 0 Å². The van der Waals surface area contributed by atoms with E-state index < -0.39 is 0 Å². The van der Waals surface area contributed by atoms with Gasteiger partial charge in [0.1, 0.15) is 5.01 Å². The summed E-state index contributed by atoms with van der Waals surface area (Å²) in [4.78, 5) is 4.76. The first kappa shape index (κ1) is 20.5. The Hall–Kier alpha value is -2.76. The fourth-order valence-corrected chi connectivity index (χ4v) is 4.59. The second kappa shape index (κ2) is 9.37. The lowest BCUT2D eigenvalue weighted by Gasteiger charge is -2.11. The molecule has 2 N–H and O–H groups in total. The summed E-state index contributed by atoms with van der Waals surface area (Å²) in [6.07, 6.45) is 3.56. The molecule has 0 unspecified atom stereocenters. The maximum absolute atomic E-state index is 5.47. The molecular formula is C25H25N3S2. The molecule has 30 heavy (non-hydrogen) atoms. The largest absolute Gasteiger partial charge is 0.332 e. The van der Waals surface area contributed by atoms with Gasteiger partial charge in [-0.05, 0) is 91.6 Å². The summed E-state index contributed by atoms with van der Waals surface area (Å²) in [5, 5.41) is 8.12. The number of hydrogen-bond donors (Lipinski definition) is 2. The zero-order valence-corrected chi connectivity index (χ0v) is 18.9. The van der Waals surface area contributed by atoms with Crippen LogP contribution in [0.4, 0.5) is 11.4 Å². The first-order valence-corrected chi connectivity index (χ1v) is 11.5. The number of rotatable bonds is 6. The van der Waals surface area contributed by atoms with Gasteiger partial charge in [0, 0.05) is 16.9 Å². The number of aryl methyl sites for hydroxylation is 2. The number of hydrogen-bond acceptors (Lipinski definition) is 3. The van der Waals surface area contributed by atoms with Gasteiger partial charge in [0.15, 0.2) is 5.11 Å². The normalized spacial score (nSPS) is 10.9. The van der Waals surface area contributed by atoms with E-state index in [-0.39, 0.29) is 0 Å². The van der Waals surface area contributed by atoms with Gasteiger partial charge in [-0.3, -0.25) is 0 Å². The third-order valence-corrected chi connectivity index (χ3v) is 6.24. The van der Waals surface area contributed by atoms with Crippen LogP contribution in [-0.4, -0.2) is 10.1 Å². The number of fused-ring (bicyclic) bond motifs is 1. The topological polar surface area (TPSA) is 37.0 Å². The van der Waals surface area contributed by atoms with Crippen LogP contribution in [-0.2, 0) is 6.42 Å². The Balaban J connectivity index is 1.38. The Morgan fingerprint density at radius 2 is 1.60 bits per heavy atom. The molecule has 152 valence electrons. The number of thiocarbonyl (C=S) groups is 1. The number of anilines is 2. The predicted molar refractivity (Wildman–Crippen MR) is 135 cm³/mol. The van der Waals surface area contributed by atoms with E-state index in [1.54, 1.807) is 11.3 Å². The highest BCUT2D eigenvalue weighted by Crippen LogP contribution is 2.31. The second-order valence-electron chi connectivity index (χ2n) is 7.45. The fourth-order valence-electron chi connectivity index (χ4n) is 3.28. The molecule has 0 spiro atoms. The molecule has 3 nitrogen and oxygen atoms in total. The number of thiazole rings is 1. The Morgan fingerprint density at radius 1 is 0.933 bits per heavy atom. The third-order valence-electron chi connectivity index (χ3n) is 4.96. The van der Waals surface area contributed by atoms with Crippen molar-refractivity contribution < 1.29 is 0 Å². The highest BCUT2D eigenvalue weighted by atomic mass is 32.1. The van der Waals surface area contributed by atoms with E-state index in [1.807, 2.05) is 12.1 Å². The van der Waals surface area contributed by atoms with Crippen LogP contribution in [0.3, 0.4) is 0 Å². The van der Waals surface area contributed by atoms with Crippen molar-refractivity contribution in [1.29, 1.82) is 0 Å². The number of nitrogens with one attached hydrogen (secondary N) is 2. The van der Waals surface area contributed by atoms with Gasteiger partial charge >= 0.3 is 0 Å². The molecule has 0 saturated carbocycles. The van der Waals surface area contributed by atoms with Crippen LogP contribution in [0.5, 0.6) is 0 Å². The van der Waals surface area contributed by atoms with Crippen molar-refractivity contribution >= 4 is 50.3 Å². The van der Waals surface area contributed by atoms with Crippen molar-refractivity contribution in [2.24, 2.45) is 0 Å². The van der Waals surface area contributed by atoms with Crippen LogP contribution in [0.15, 0.2) is 66.7 Å². The smallest absolute Gasteiger partial charge is 0.175 e. The molecule has 0 fully saturated rings. The summed E-state index contributed by atoms with van der Waals surface area (Å²) in [6, 6.07) is 23.1. The highest BCUT2D eigenvalue weighted by molar-refractivity contribution is 7.80. The number of nitrogens with zero attached hydrogens (tertiary/aromatic N) is 1. The second-order valence-corrected chi connectivity index (χ2v) is 8.89. The average molecular weight is 432 g/mol. The number of unbranched alkanes of at least 4 members (excludes halogenated alkanes) is 1. The summed E-state index contributed by atoms with van der Waals surface area (Å²) in [5.74, 6) is 0. The minimum absolute atomic E-state index is 0.583. The summed E-state index contributed by atoms with van der Waals surface area (Å²) < 4.78 is 1.22. The first-order chi connectivity index (χ1) is 14.6. The first-order valence-electron chi connectivity index (χ1n) is 10.3. The van der Waals surface area contributed by atoms with Crippen molar-refractivity contribution in [2.45, 2.75) is 33.1 Å². The molecular weight excluding hydrogens is 406 g/mol. The van der Waals surface area contributed by atoms with Crippen LogP contribution < -0.4 is 10.6 Å². The van der Waals surface area contributed by atoms with Crippen molar-refractivity contribution in [1.82, 2.24) is 4.98 Å². The molecule has 3 aromatic carbocycles. The summed E-state index contributed by atoms with van der Waals surface area (Å²) in [5.41, 5.74) is 6.73. The van der Waals surface area contributed by atoms with E-state index in [4.69, 9.17) is 17.2 Å². The molecule has 0 saturated heterocycles. The van der Waals surface area contributed by atoms with Gasteiger partial charge in [-0.15, -0.1) is 11.3 Å². The lowest BCUT2D eigenvalue weighted by atomic mass is 10.1. The van der Waals surface area contributed by atoms with E-state index in [2.05, 4.69) is 79.1 Å². The van der Waals surface area contributed by atoms with Gasteiger partial charge in [-0.25, -0.2) is 4.98 Å². The predicted octanol–water partition coefficient (Wildman–Crippen LogP) is 7.42. The molecule has 1 heterocycles. The Morgan fingerprint density at radius 3 is 2.27 bits per heavy atom. The fraction of sp³-hybridized carbons (Fsp3) is 0.200. The monoisotopic (exact) mass is 431 g/mol. The lowest BCUT2D eigenvalue weighted by molar-refractivity contribution is 0.795. The van der Waals surface area contributed by atoms with Crippen LogP contribution in [0.25, 0.3) is 20.8 Å². The van der Waals surface area contributed by atoms with Crippen LogP contribution >= 0.6 is 23.6 Å². The Kier molecular flexibility index (Phi) is 6.41. The van der Waals surface area contributed by atoms with Crippen LogP contribution in [0.1, 0.15) is 30.9 Å². The Bertz CT molecular complexity index is 1150. The minimum Gasteiger partial charge on any atom is -0.332 e. The summed E-state index contributed by atoms with van der Waals surface area (Å²) in [7, 11) is 0. The molecule has 0 aliphatic rings. The molecule has 1 aromatic heterocycles. The standard InChI is InChI=1S/C25H25N3S2/c1-3-4-5-18-7-11-20(12-8-18)26-25(29)27-21-13-9-19(10-14-21)24-28-22-15-6-17(2)16-23(22)30-24/h6-16H,3-5H2,1-2H3,(H2,26,27,29). The molecule has 4 rings (SSSR count). The zero-order valence-electron chi connectivity index (χ0n) is 17.2. The van der Waals surface area contributed by atoms with E-state index in [0.29, 0.717) is 5.11 Å². The maximum Gasteiger partial charge on any atom is 0.175 e. The van der Waals surface area contributed by atoms with Gasteiger partial charge in [-0.1, -0.05) is 31.5 Å². The lowest BCUT2D eigenvalue weighted by Crippen LogP contribution is -2.18. The molecule has 0 atom stereocenters. The Labute approximate surface area is 187 Å². The molecule has 0 amide bonds. The molecule has 0 aliphatic heterocycles. The molecule has 0 bridgehead atoms. The molecule has 5 heteroatoms. The molecule has 0 aliphatic carbocycles. The van der Waals surface area contributed by atoms with Crippen LogP contribution in [0.2, 0.25) is 0 Å². The SMILES string of the molecule is CCCCc1ccc(NC(=S)Nc2ccc(-c3nc4ccc(C)cc4s3)cc2)cc1.